The van der Waals surface area contributed by atoms with Crippen LogP contribution in [0.15, 0.2) is 18.7 Å². The summed E-state index contributed by atoms with van der Waals surface area (Å²) in [6, 6.07) is 1.98. The maximum Gasteiger partial charge on any atom is 0.167 e. The molecule has 0 aliphatic carbocycles. The monoisotopic (exact) mass is 443 g/mol. The molecule has 1 aromatic carbocycles. The number of fused-ring (bicyclic) bond motifs is 1. The van der Waals surface area contributed by atoms with E-state index in [9.17, 15) is 0 Å². The van der Waals surface area contributed by atoms with Crippen molar-refractivity contribution < 1.29 is 14.2 Å². The lowest BCUT2D eigenvalue weighted by Crippen LogP contribution is -2.17. The first kappa shape index (κ1) is 20.5. The molecule has 1 N–H and O–H groups in total. The molecule has 3 aromatic rings. The number of hydrogen-bond donors (Lipinski definition) is 1. The van der Waals surface area contributed by atoms with E-state index >= 15 is 0 Å². The van der Waals surface area contributed by atoms with Gasteiger partial charge in [-0.1, -0.05) is 11.6 Å². The SMILES string of the molecule is COc1c(CCNc2ncnc3c2ncn3C2CCCCO2)cc(Cl)c(C)c1C1CO1. The number of methoxy groups -OCH3 is 1. The summed E-state index contributed by atoms with van der Waals surface area (Å²) >= 11 is 6.49. The second kappa shape index (κ2) is 8.61. The van der Waals surface area contributed by atoms with Crippen molar-refractivity contribution in [2.24, 2.45) is 0 Å². The Morgan fingerprint density at radius 3 is 2.87 bits per heavy atom. The highest BCUT2D eigenvalue weighted by molar-refractivity contribution is 6.31. The molecule has 0 saturated carbocycles. The van der Waals surface area contributed by atoms with Crippen LogP contribution >= 0.6 is 11.6 Å². The van der Waals surface area contributed by atoms with Crippen molar-refractivity contribution in [3.63, 3.8) is 0 Å². The van der Waals surface area contributed by atoms with Crippen LogP contribution in [0.25, 0.3) is 11.2 Å². The minimum atomic E-state index is -0.0106. The van der Waals surface area contributed by atoms with Gasteiger partial charge in [-0.25, -0.2) is 15.0 Å². The van der Waals surface area contributed by atoms with Gasteiger partial charge in [-0.3, -0.25) is 4.57 Å². The Morgan fingerprint density at radius 2 is 2.13 bits per heavy atom. The van der Waals surface area contributed by atoms with Crippen LogP contribution in [0, 0.1) is 6.92 Å². The van der Waals surface area contributed by atoms with E-state index in [4.69, 9.17) is 25.8 Å². The fraction of sp³-hybridized carbons (Fsp3) is 0.500. The molecule has 2 aromatic heterocycles. The number of nitrogens with zero attached hydrogens (tertiary/aromatic N) is 4. The van der Waals surface area contributed by atoms with Crippen molar-refractivity contribution in [3.8, 4) is 5.75 Å². The number of benzene rings is 1. The van der Waals surface area contributed by atoms with Gasteiger partial charge in [0.2, 0.25) is 0 Å². The van der Waals surface area contributed by atoms with E-state index in [0.717, 1.165) is 70.9 Å². The maximum absolute atomic E-state index is 6.49. The van der Waals surface area contributed by atoms with Gasteiger partial charge in [0, 0.05) is 23.7 Å². The van der Waals surface area contributed by atoms with Gasteiger partial charge in [0.1, 0.15) is 24.4 Å². The van der Waals surface area contributed by atoms with Gasteiger partial charge in [-0.05, 0) is 49.8 Å². The summed E-state index contributed by atoms with van der Waals surface area (Å²) in [6.07, 6.45) is 7.38. The van der Waals surface area contributed by atoms with Gasteiger partial charge in [0.15, 0.2) is 17.0 Å². The summed E-state index contributed by atoms with van der Waals surface area (Å²) in [7, 11) is 1.69. The Bertz CT molecular complexity index is 1090. The quantitative estimate of drug-likeness (QED) is 0.547. The molecule has 9 heteroatoms. The Hall–Kier alpha value is -2.42. The number of aromatic nitrogens is 4. The molecule has 2 atom stereocenters. The van der Waals surface area contributed by atoms with E-state index in [1.165, 1.54) is 0 Å². The van der Waals surface area contributed by atoms with Gasteiger partial charge in [-0.2, -0.15) is 0 Å². The molecule has 8 nitrogen and oxygen atoms in total. The molecule has 164 valence electrons. The predicted octanol–water partition coefficient (Wildman–Crippen LogP) is 4.22. The highest BCUT2D eigenvalue weighted by Gasteiger charge is 2.32. The Labute approximate surface area is 185 Å². The number of epoxide rings is 1. The summed E-state index contributed by atoms with van der Waals surface area (Å²) in [6.45, 7) is 4.14. The Morgan fingerprint density at radius 1 is 1.26 bits per heavy atom. The summed E-state index contributed by atoms with van der Waals surface area (Å²) in [4.78, 5) is 13.4. The van der Waals surface area contributed by atoms with Gasteiger partial charge >= 0.3 is 0 Å². The molecule has 0 radical (unpaired) electrons. The smallest absolute Gasteiger partial charge is 0.167 e. The van der Waals surface area contributed by atoms with Crippen LogP contribution in [0.2, 0.25) is 5.02 Å². The first-order chi connectivity index (χ1) is 15.2. The normalized spacial score (nSPS) is 20.7. The number of hydrogen-bond acceptors (Lipinski definition) is 7. The van der Waals surface area contributed by atoms with Crippen molar-refractivity contribution in [1.29, 1.82) is 0 Å². The third-order valence-electron chi connectivity index (χ3n) is 5.97. The molecule has 4 heterocycles. The molecule has 31 heavy (non-hydrogen) atoms. The van der Waals surface area contributed by atoms with Crippen molar-refractivity contribution in [3.05, 3.63) is 40.4 Å². The van der Waals surface area contributed by atoms with Crippen molar-refractivity contribution in [1.82, 2.24) is 19.5 Å². The maximum atomic E-state index is 6.49. The van der Waals surface area contributed by atoms with Crippen LogP contribution in [0.3, 0.4) is 0 Å². The molecule has 2 aliphatic rings. The van der Waals surface area contributed by atoms with Crippen LogP contribution < -0.4 is 10.1 Å². The van der Waals surface area contributed by atoms with E-state index in [-0.39, 0.29) is 12.3 Å². The highest BCUT2D eigenvalue weighted by atomic mass is 35.5. The molecule has 2 saturated heterocycles. The average Bonchev–Trinajstić information content (AvgIpc) is 3.54. The van der Waals surface area contributed by atoms with Gasteiger partial charge in [0.25, 0.3) is 0 Å². The van der Waals surface area contributed by atoms with E-state index in [2.05, 4.69) is 20.3 Å². The zero-order valence-corrected chi connectivity index (χ0v) is 18.5. The van der Waals surface area contributed by atoms with Gasteiger partial charge in [0.05, 0.1) is 20.0 Å². The first-order valence-electron chi connectivity index (χ1n) is 10.7. The standard InChI is InChI=1S/C22H26ClN5O3/c1-13-15(23)9-14(20(29-2)18(13)16-10-31-16)6-7-24-21-19-22(26-11-25-21)28(12-27-19)17-5-3-4-8-30-17/h9,11-12,16-17H,3-8,10H2,1-2H3,(H,24,25,26). The number of anilines is 1. The molecule has 2 unspecified atom stereocenters. The molecular weight excluding hydrogens is 418 g/mol. The van der Waals surface area contributed by atoms with E-state index in [1.54, 1.807) is 19.8 Å². The molecule has 0 bridgehead atoms. The minimum absolute atomic E-state index is 0.0106. The van der Waals surface area contributed by atoms with Crippen LogP contribution in [-0.4, -0.2) is 46.4 Å². The Balaban J connectivity index is 1.35. The predicted molar refractivity (Wildman–Crippen MR) is 118 cm³/mol. The molecule has 0 amide bonds. The molecule has 0 spiro atoms. The van der Waals surface area contributed by atoms with E-state index in [0.29, 0.717) is 19.0 Å². The summed E-state index contributed by atoms with van der Waals surface area (Å²) in [5.74, 6) is 1.57. The summed E-state index contributed by atoms with van der Waals surface area (Å²) in [5, 5.41) is 4.14. The highest BCUT2D eigenvalue weighted by Crippen LogP contribution is 2.43. The van der Waals surface area contributed by atoms with Crippen molar-refractivity contribution in [2.75, 3.05) is 32.2 Å². The lowest BCUT2D eigenvalue weighted by atomic mass is 9.98. The lowest BCUT2D eigenvalue weighted by Gasteiger charge is -2.23. The van der Waals surface area contributed by atoms with Crippen molar-refractivity contribution in [2.45, 2.75) is 44.9 Å². The van der Waals surface area contributed by atoms with E-state index < -0.39 is 0 Å². The number of rotatable bonds is 7. The molecular formula is C22H26ClN5O3. The van der Waals surface area contributed by atoms with Gasteiger partial charge < -0.3 is 19.5 Å². The van der Waals surface area contributed by atoms with Gasteiger partial charge in [-0.15, -0.1) is 0 Å². The third-order valence-corrected chi connectivity index (χ3v) is 6.36. The number of halogens is 1. The largest absolute Gasteiger partial charge is 0.496 e. The lowest BCUT2D eigenvalue weighted by molar-refractivity contribution is -0.0298. The molecule has 2 aliphatic heterocycles. The zero-order chi connectivity index (χ0) is 21.4. The fourth-order valence-corrected chi connectivity index (χ4v) is 4.51. The first-order valence-corrected chi connectivity index (χ1v) is 11.1. The number of imidazole rings is 1. The molecule has 2 fully saturated rings. The summed E-state index contributed by atoms with van der Waals surface area (Å²) < 4.78 is 19.1. The summed E-state index contributed by atoms with van der Waals surface area (Å²) in [5.41, 5.74) is 4.65. The van der Waals surface area contributed by atoms with Crippen molar-refractivity contribution >= 4 is 28.6 Å². The second-order valence-electron chi connectivity index (χ2n) is 7.96. The van der Waals surface area contributed by atoms with Crippen LogP contribution in [0.1, 0.15) is 48.3 Å². The van der Waals surface area contributed by atoms with Crippen LogP contribution in [0.5, 0.6) is 5.75 Å². The molecule has 5 rings (SSSR count). The average molecular weight is 444 g/mol. The van der Waals surface area contributed by atoms with Crippen LogP contribution in [-0.2, 0) is 15.9 Å². The zero-order valence-electron chi connectivity index (χ0n) is 17.7. The number of ether oxygens (including phenoxy) is 3. The third kappa shape index (κ3) is 3.95. The minimum Gasteiger partial charge on any atom is -0.496 e. The fourth-order valence-electron chi connectivity index (χ4n) is 4.28. The van der Waals surface area contributed by atoms with E-state index in [1.807, 2.05) is 17.6 Å². The Kier molecular flexibility index (Phi) is 5.69. The van der Waals surface area contributed by atoms with Crippen LogP contribution in [0.4, 0.5) is 5.82 Å². The number of nitrogens with one attached hydrogen (secondary N) is 1. The topological polar surface area (TPSA) is 86.6 Å². The second-order valence-corrected chi connectivity index (χ2v) is 8.36.